The summed E-state index contributed by atoms with van der Waals surface area (Å²) in [6.07, 6.45) is -0.336. The molecule has 0 spiro atoms. The summed E-state index contributed by atoms with van der Waals surface area (Å²) < 4.78 is 5.36. The van der Waals surface area contributed by atoms with Crippen molar-refractivity contribution >= 4 is 5.91 Å². The Kier molecular flexibility index (Phi) is 5.57. The Hall–Kier alpha value is -1.63. The number of para-hydroxylation sites is 1. The fourth-order valence-corrected chi connectivity index (χ4v) is 1.48. The van der Waals surface area contributed by atoms with E-state index < -0.39 is 18.1 Å². The summed E-state index contributed by atoms with van der Waals surface area (Å²) in [5.74, 6) is -0.240. The van der Waals surface area contributed by atoms with Crippen molar-refractivity contribution in [3.05, 3.63) is 29.8 Å². The number of amides is 1. The highest BCUT2D eigenvalue weighted by atomic mass is 16.5. The number of benzene rings is 1. The Morgan fingerprint density at radius 1 is 1.39 bits per heavy atom. The van der Waals surface area contributed by atoms with Gasteiger partial charge in [0.1, 0.15) is 18.5 Å². The van der Waals surface area contributed by atoms with Crippen LogP contribution >= 0.6 is 0 Å². The normalized spacial score (nSPS) is 13.9. The lowest BCUT2D eigenvalue weighted by Gasteiger charge is -2.19. The number of carbonyl (C=O) groups excluding carboxylic acids is 1. The summed E-state index contributed by atoms with van der Waals surface area (Å²) in [6.45, 7) is 0.390. The molecule has 0 heterocycles. The van der Waals surface area contributed by atoms with Gasteiger partial charge in [0.15, 0.2) is 0 Å². The minimum Gasteiger partial charge on any atom is -0.490 e. The number of primary amides is 1. The lowest BCUT2D eigenvalue weighted by molar-refractivity contribution is 0.0816. The van der Waals surface area contributed by atoms with E-state index in [1.165, 1.54) is 0 Å². The van der Waals surface area contributed by atoms with Gasteiger partial charge in [-0.1, -0.05) is 12.1 Å². The SMILES string of the molecule is NCCC(N)C(O)COc1ccccc1C(N)=O. The van der Waals surface area contributed by atoms with E-state index in [9.17, 15) is 9.90 Å². The second-order valence-electron chi connectivity index (χ2n) is 3.98. The van der Waals surface area contributed by atoms with E-state index in [-0.39, 0.29) is 12.2 Å². The predicted molar refractivity (Wildman–Crippen MR) is 68.1 cm³/mol. The third-order valence-electron chi connectivity index (χ3n) is 2.56. The van der Waals surface area contributed by atoms with Crippen LogP contribution in [0.3, 0.4) is 0 Å². The van der Waals surface area contributed by atoms with Gasteiger partial charge in [-0.15, -0.1) is 0 Å². The third-order valence-corrected chi connectivity index (χ3v) is 2.56. The smallest absolute Gasteiger partial charge is 0.252 e. The molecular formula is C12H19N3O3. The highest BCUT2D eigenvalue weighted by Gasteiger charge is 2.16. The third kappa shape index (κ3) is 3.99. The molecule has 6 heteroatoms. The molecule has 18 heavy (non-hydrogen) atoms. The van der Waals surface area contributed by atoms with Crippen LogP contribution < -0.4 is 21.9 Å². The molecule has 0 aliphatic rings. The summed E-state index contributed by atoms with van der Waals surface area (Å²) in [7, 11) is 0. The van der Waals surface area contributed by atoms with E-state index in [1.54, 1.807) is 24.3 Å². The fourth-order valence-electron chi connectivity index (χ4n) is 1.48. The van der Waals surface area contributed by atoms with Crippen molar-refractivity contribution in [3.63, 3.8) is 0 Å². The first kappa shape index (κ1) is 14.4. The molecule has 0 aliphatic carbocycles. The van der Waals surface area contributed by atoms with Gasteiger partial charge in [0.2, 0.25) is 0 Å². The number of nitrogens with two attached hydrogens (primary N) is 3. The summed E-state index contributed by atoms with van der Waals surface area (Å²) in [6, 6.07) is 6.12. The molecule has 6 nitrogen and oxygen atoms in total. The van der Waals surface area contributed by atoms with Gasteiger partial charge in [-0.2, -0.15) is 0 Å². The van der Waals surface area contributed by atoms with Crippen molar-refractivity contribution in [1.29, 1.82) is 0 Å². The molecule has 1 aromatic rings. The molecule has 0 aromatic heterocycles. The van der Waals surface area contributed by atoms with Crippen LogP contribution in [0.15, 0.2) is 24.3 Å². The molecule has 2 atom stereocenters. The summed E-state index contributed by atoms with van der Waals surface area (Å²) in [4.78, 5) is 11.1. The number of hydrogen-bond acceptors (Lipinski definition) is 5. The number of hydrogen-bond donors (Lipinski definition) is 4. The van der Waals surface area contributed by atoms with Crippen LogP contribution in [0.25, 0.3) is 0 Å². The van der Waals surface area contributed by atoms with Gasteiger partial charge >= 0.3 is 0 Å². The minimum absolute atomic E-state index is 0.00847. The Labute approximate surface area is 106 Å². The summed E-state index contributed by atoms with van der Waals surface area (Å²) >= 11 is 0. The number of aliphatic hydroxyl groups is 1. The van der Waals surface area contributed by atoms with Crippen molar-refractivity contribution < 1.29 is 14.6 Å². The molecule has 0 radical (unpaired) electrons. The van der Waals surface area contributed by atoms with Crippen LogP contribution in [-0.4, -0.2) is 36.3 Å². The van der Waals surface area contributed by atoms with Crippen LogP contribution in [-0.2, 0) is 0 Å². The van der Waals surface area contributed by atoms with Crippen molar-refractivity contribution in [3.8, 4) is 5.75 Å². The maximum absolute atomic E-state index is 11.1. The van der Waals surface area contributed by atoms with Gasteiger partial charge in [0.25, 0.3) is 5.91 Å². The fraction of sp³-hybridized carbons (Fsp3) is 0.417. The quantitative estimate of drug-likeness (QED) is 0.506. The first-order valence-electron chi connectivity index (χ1n) is 5.71. The van der Waals surface area contributed by atoms with Crippen molar-refractivity contribution in [2.75, 3.05) is 13.2 Å². The van der Waals surface area contributed by atoms with E-state index in [2.05, 4.69) is 0 Å². The number of aliphatic hydroxyl groups excluding tert-OH is 1. The molecule has 0 saturated heterocycles. The monoisotopic (exact) mass is 253 g/mol. The van der Waals surface area contributed by atoms with Crippen molar-refractivity contribution in [2.45, 2.75) is 18.6 Å². The van der Waals surface area contributed by atoms with Gasteiger partial charge in [-0.3, -0.25) is 4.79 Å². The second-order valence-corrected chi connectivity index (χ2v) is 3.98. The highest BCUT2D eigenvalue weighted by Crippen LogP contribution is 2.17. The number of rotatable bonds is 7. The zero-order valence-electron chi connectivity index (χ0n) is 10.1. The number of ether oxygens (including phenoxy) is 1. The van der Waals surface area contributed by atoms with Gasteiger partial charge in [0, 0.05) is 6.04 Å². The van der Waals surface area contributed by atoms with E-state index >= 15 is 0 Å². The average molecular weight is 253 g/mol. The Morgan fingerprint density at radius 2 is 2.06 bits per heavy atom. The van der Waals surface area contributed by atoms with Crippen LogP contribution in [0.2, 0.25) is 0 Å². The van der Waals surface area contributed by atoms with Crippen LogP contribution in [0.1, 0.15) is 16.8 Å². The van der Waals surface area contributed by atoms with E-state index in [4.69, 9.17) is 21.9 Å². The summed E-state index contributed by atoms with van der Waals surface area (Å²) in [5, 5.41) is 9.72. The van der Waals surface area contributed by atoms with Gasteiger partial charge in [-0.05, 0) is 25.1 Å². The molecule has 7 N–H and O–H groups in total. The Bertz CT molecular complexity index is 398. The second kappa shape index (κ2) is 6.95. The predicted octanol–water partition coefficient (Wildman–Crippen LogP) is -0.799. The average Bonchev–Trinajstić information content (AvgIpc) is 2.36. The van der Waals surface area contributed by atoms with E-state index in [1.807, 2.05) is 0 Å². The van der Waals surface area contributed by atoms with E-state index in [0.29, 0.717) is 18.7 Å². The Morgan fingerprint density at radius 3 is 2.67 bits per heavy atom. The summed E-state index contributed by atoms with van der Waals surface area (Å²) in [5.41, 5.74) is 16.5. The first-order valence-corrected chi connectivity index (χ1v) is 5.71. The molecule has 1 amide bonds. The van der Waals surface area contributed by atoms with Gasteiger partial charge in [0.05, 0.1) is 5.56 Å². The zero-order valence-corrected chi connectivity index (χ0v) is 10.1. The molecule has 1 aromatic carbocycles. The lowest BCUT2D eigenvalue weighted by Crippen LogP contribution is -2.40. The van der Waals surface area contributed by atoms with E-state index in [0.717, 1.165) is 0 Å². The maximum atomic E-state index is 11.1. The van der Waals surface area contributed by atoms with Crippen LogP contribution in [0, 0.1) is 0 Å². The molecule has 0 bridgehead atoms. The zero-order chi connectivity index (χ0) is 13.5. The largest absolute Gasteiger partial charge is 0.490 e. The van der Waals surface area contributed by atoms with Crippen molar-refractivity contribution in [1.82, 2.24) is 0 Å². The minimum atomic E-state index is -0.838. The molecule has 0 fully saturated rings. The van der Waals surface area contributed by atoms with Gasteiger partial charge in [-0.25, -0.2) is 0 Å². The molecule has 2 unspecified atom stereocenters. The standard InChI is InChI=1S/C12H19N3O3/c13-6-5-9(14)10(16)7-18-11-4-2-1-3-8(11)12(15)17/h1-4,9-10,16H,5-7,13-14H2,(H2,15,17). The first-order chi connectivity index (χ1) is 8.56. The van der Waals surface area contributed by atoms with Gasteiger partial charge < -0.3 is 27.0 Å². The molecule has 0 saturated carbocycles. The maximum Gasteiger partial charge on any atom is 0.252 e. The number of carbonyl (C=O) groups is 1. The molecule has 100 valence electrons. The molecular weight excluding hydrogens is 234 g/mol. The lowest BCUT2D eigenvalue weighted by atomic mass is 10.1. The highest BCUT2D eigenvalue weighted by molar-refractivity contribution is 5.95. The van der Waals surface area contributed by atoms with Crippen LogP contribution in [0.5, 0.6) is 5.75 Å². The topological polar surface area (TPSA) is 125 Å². The van der Waals surface area contributed by atoms with Crippen molar-refractivity contribution in [2.24, 2.45) is 17.2 Å². The molecule has 0 aliphatic heterocycles. The molecule has 1 rings (SSSR count). The van der Waals surface area contributed by atoms with Crippen LogP contribution in [0.4, 0.5) is 0 Å². The Balaban J connectivity index is 2.60.